The molecule has 112 valence electrons. The van der Waals surface area contributed by atoms with E-state index in [1.165, 1.54) is 0 Å². The van der Waals surface area contributed by atoms with Crippen LogP contribution in [0.2, 0.25) is 0 Å². The summed E-state index contributed by atoms with van der Waals surface area (Å²) < 4.78 is 0. The van der Waals surface area contributed by atoms with E-state index >= 15 is 0 Å². The predicted molar refractivity (Wildman–Crippen MR) is 76.7 cm³/mol. The minimum atomic E-state index is -0.0574. The maximum atomic E-state index is 12.7. The van der Waals surface area contributed by atoms with Gasteiger partial charge in [-0.05, 0) is 38.7 Å². The molecule has 0 saturated carbocycles. The van der Waals surface area contributed by atoms with E-state index in [4.69, 9.17) is 0 Å². The fourth-order valence-corrected chi connectivity index (χ4v) is 2.75. The highest BCUT2D eigenvalue weighted by atomic mass is 16.2. The summed E-state index contributed by atoms with van der Waals surface area (Å²) in [6.45, 7) is 4.63. The predicted octanol–water partition coefficient (Wildman–Crippen LogP) is 1.77. The number of amides is 1. The molecule has 2 N–H and O–H groups in total. The number of nitrogens with one attached hydrogen (secondary N) is 2. The Morgan fingerprint density at radius 1 is 1.38 bits per heavy atom. The zero-order valence-corrected chi connectivity index (χ0v) is 12.4. The number of likely N-dealkylation sites (tertiary alicyclic amines) is 1. The first-order valence-corrected chi connectivity index (χ1v) is 7.43. The number of carbonyl (C=O) groups is 1. The molecule has 1 unspecified atom stereocenters. The number of hydrogen-bond acceptors (Lipinski definition) is 4. The summed E-state index contributed by atoms with van der Waals surface area (Å²) in [4.78, 5) is 18.9. The van der Waals surface area contributed by atoms with Crippen molar-refractivity contribution in [1.82, 2.24) is 30.3 Å². The number of carbonyl (C=O) groups excluding carboxylic acids is 1. The van der Waals surface area contributed by atoms with Gasteiger partial charge in [-0.2, -0.15) is 10.2 Å². The zero-order valence-electron chi connectivity index (χ0n) is 12.4. The van der Waals surface area contributed by atoms with Gasteiger partial charge >= 0.3 is 0 Å². The van der Waals surface area contributed by atoms with Gasteiger partial charge < -0.3 is 4.90 Å². The normalized spacial score (nSPS) is 19.0. The van der Waals surface area contributed by atoms with Crippen LogP contribution in [0.15, 0.2) is 6.07 Å². The van der Waals surface area contributed by atoms with Crippen LogP contribution in [0.3, 0.4) is 0 Å². The van der Waals surface area contributed by atoms with Gasteiger partial charge in [-0.15, -0.1) is 0 Å². The molecule has 2 aromatic heterocycles. The quantitative estimate of drug-likeness (QED) is 0.900. The van der Waals surface area contributed by atoms with Crippen LogP contribution in [0.4, 0.5) is 0 Å². The van der Waals surface area contributed by atoms with Crippen molar-refractivity contribution < 1.29 is 4.79 Å². The van der Waals surface area contributed by atoms with Gasteiger partial charge in [-0.3, -0.25) is 15.0 Å². The molecule has 3 rings (SSSR count). The number of aromatic nitrogens is 5. The molecule has 0 radical (unpaired) electrons. The van der Waals surface area contributed by atoms with Crippen LogP contribution in [-0.2, 0) is 6.42 Å². The molecular formula is C14H20N6O. The van der Waals surface area contributed by atoms with Gasteiger partial charge in [0.2, 0.25) is 0 Å². The van der Waals surface area contributed by atoms with E-state index in [0.29, 0.717) is 11.5 Å². The number of hydrogen-bond donors (Lipinski definition) is 2. The van der Waals surface area contributed by atoms with Gasteiger partial charge in [0.25, 0.3) is 5.91 Å². The van der Waals surface area contributed by atoms with Crippen molar-refractivity contribution in [2.75, 3.05) is 6.54 Å². The van der Waals surface area contributed by atoms with E-state index in [0.717, 1.165) is 43.7 Å². The van der Waals surface area contributed by atoms with Gasteiger partial charge in [0.15, 0.2) is 5.82 Å². The SMILES string of the molecule is CCc1cc(C(=O)N2CCCCC2c2n[nH]c(C)n2)n[nH]1. The molecule has 1 saturated heterocycles. The van der Waals surface area contributed by atoms with Crippen molar-refractivity contribution in [3.05, 3.63) is 29.1 Å². The highest BCUT2D eigenvalue weighted by molar-refractivity contribution is 5.92. The lowest BCUT2D eigenvalue weighted by atomic mass is 10.0. The Kier molecular flexibility index (Phi) is 3.72. The van der Waals surface area contributed by atoms with E-state index in [1.54, 1.807) is 0 Å². The number of H-pyrrole nitrogens is 2. The topological polar surface area (TPSA) is 90.6 Å². The Morgan fingerprint density at radius 2 is 2.24 bits per heavy atom. The Bertz CT molecular complexity index is 631. The number of rotatable bonds is 3. The van der Waals surface area contributed by atoms with Crippen molar-refractivity contribution in [2.45, 2.75) is 45.6 Å². The van der Waals surface area contributed by atoms with E-state index in [1.807, 2.05) is 24.8 Å². The number of aromatic amines is 2. The number of piperidine rings is 1. The lowest BCUT2D eigenvalue weighted by Gasteiger charge is -2.33. The van der Waals surface area contributed by atoms with Crippen molar-refractivity contribution in [2.24, 2.45) is 0 Å². The minimum Gasteiger partial charge on any atom is -0.327 e. The molecule has 7 heteroatoms. The first kappa shape index (κ1) is 13.8. The maximum Gasteiger partial charge on any atom is 0.274 e. The molecule has 1 aliphatic heterocycles. The Balaban J connectivity index is 1.85. The summed E-state index contributed by atoms with van der Waals surface area (Å²) in [5, 5.41) is 14.1. The summed E-state index contributed by atoms with van der Waals surface area (Å²) in [5.74, 6) is 1.43. The molecule has 2 aromatic rings. The lowest BCUT2D eigenvalue weighted by molar-refractivity contribution is 0.0594. The first-order valence-electron chi connectivity index (χ1n) is 7.43. The average molecular weight is 288 g/mol. The van der Waals surface area contributed by atoms with Crippen LogP contribution >= 0.6 is 0 Å². The van der Waals surface area contributed by atoms with Crippen LogP contribution < -0.4 is 0 Å². The van der Waals surface area contributed by atoms with Crippen LogP contribution in [0, 0.1) is 6.92 Å². The second-order valence-electron chi connectivity index (χ2n) is 5.42. The second kappa shape index (κ2) is 5.67. The van der Waals surface area contributed by atoms with Crippen molar-refractivity contribution in [3.63, 3.8) is 0 Å². The third kappa shape index (κ3) is 2.68. The monoisotopic (exact) mass is 288 g/mol. The largest absolute Gasteiger partial charge is 0.327 e. The van der Waals surface area contributed by atoms with Gasteiger partial charge in [-0.25, -0.2) is 4.98 Å². The van der Waals surface area contributed by atoms with Gasteiger partial charge in [-0.1, -0.05) is 6.92 Å². The molecular weight excluding hydrogens is 268 g/mol. The fourth-order valence-electron chi connectivity index (χ4n) is 2.75. The third-order valence-corrected chi connectivity index (χ3v) is 3.91. The summed E-state index contributed by atoms with van der Waals surface area (Å²) in [5.41, 5.74) is 1.45. The second-order valence-corrected chi connectivity index (χ2v) is 5.42. The van der Waals surface area contributed by atoms with Gasteiger partial charge in [0.1, 0.15) is 11.5 Å². The molecule has 0 spiro atoms. The van der Waals surface area contributed by atoms with E-state index in [-0.39, 0.29) is 11.9 Å². The molecule has 1 fully saturated rings. The molecule has 0 aromatic carbocycles. The van der Waals surface area contributed by atoms with Crippen molar-refractivity contribution in [1.29, 1.82) is 0 Å². The smallest absolute Gasteiger partial charge is 0.274 e. The number of nitrogens with zero attached hydrogens (tertiary/aromatic N) is 4. The average Bonchev–Trinajstić information content (AvgIpc) is 3.15. The summed E-state index contributed by atoms with van der Waals surface area (Å²) in [6.07, 6.45) is 3.83. The van der Waals surface area contributed by atoms with Crippen molar-refractivity contribution >= 4 is 5.91 Å². The molecule has 1 aliphatic rings. The van der Waals surface area contributed by atoms with E-state index in [9.17, 15) is 4.79 Å². The zero-order chi connectivity index (χ0) is 14.8. The van der Waals surface area contributed by atoms with Crippen LogP contribution in [-0.4, -0.2) is 42.7 Å². The van der Waals surface area contributed by atoms with Crippen LogP contribution in [0.25, 0.3) is 0 Å². The highest BCUT2D eigenvalue weighted by Crippen LogP contribution is 2.29. The molecule has 21 heavy (non-hydrogen) atoms. The van der Waals surface area contributed by atoms with Crippen molar-refractivity contribution in [3.8, 4) is 0 Å². The highest BCUT2D eigenvalue weighted by Gasteiger charge is 2.32. The number of aryl methyl sites for hydroxylation is 2. The Morgan fingerprint density at radius 3 is 2.90 bits per heavy atom. The fraction of sp³-hybridized carbons (Fsp3) is 0.571. The Labute approximate surface area is 123 Å². The summed E-state index contributed by atoms with van der Waals surface area (Å²) >= 11 is 0. The standard InChI is InChI=1S/C14H20N6O/c1-3-10-8-11(18-17-10)14(21)20-7-5-4-6-12(20)13-15-9(2)16-19-13/h8,12H,3-7H2,1-2H3,(H,17,18)(H,15,16,19). The molecule has 3 heterocycles. The Hall–Kier alpha value is -2.18. The van der Waals surface area contributed by atoms with Gasteiger partial charge in [0, 0.05) is 12.2 Å². The molecule has 1 atom stereocenters. The van der Waals surface area contributed by atoms with Crippen LogP contribution in [0.5, 0.6) is 0 Å². The molecule has 7 nitrogen and oxygen atoms in total. The van der Waals surface area contributed by atoms with E-state index < -0.39 is 0 Å². The molecule has 0 aliphatic carbocycles. The van der Waals surface area contributed by atoms with Crippen LogP contribution in [0.1, 0.15) is 60.1 Å². The lowest BCUT2D eigenvalue weighted by Crippen LogP contribution is -2.39. The molecule has 0 bridgehead atoms. The minimum absolute atomic E-state index is 0.0434. The maximum absolute atomic E-state index is 12.7. The van der Waals surface area contributed by atoms with Gasteiger partial charge in [0.05, 0.1) is 6.04 Å². The summed E-state index contributed by atoms with van der Waals surface area (Å²) in [6, 6.07) is 1.77. The van der Waals surface area contributed by atoms with E-state index in [2.05, 4.69) is 25.4 Å². The third-order valence-electron chi connectivity index (χ3n) is 3.91. The first-order chi connectivity index (χ1) is 10.2. The summed E-state index contributed by atoms with van der Waals surface area (Å²) in [7, 11) is 0. The molecule has 1 amide bonds.